The number of hydrogen-bond donors (Lipinski definition) is 2. The molecule has 0 aliphatic rings. The van der Waals surface area contributed by atoms with Crippen LogP contribution in [0.5, 0.6) is 0 Å². The minimum Gasteiger partial charge on any atom is -0.444 e. The van der Waals surface area contributed by atoms with E-state index in [1.54, 1.807) is 18.2 Å². The zero-order valence-electron chi connectivity index (χ0n) is 11.9. The van der Waals surface area contributed by atoms with Crippen LogP contribution in [0.1, 0.15) is 27.2 Å². The molecule has 6 heteroatoms. The Morgan fingerprint density at radius 1 is 1.25 bits per heavy atom. The van der Waals surface area contributed by atoms with Gasteiger partial charge in [-0.2, -0.15) is 0 Å². The van der Waals surface area contributed by atoms with Crippen LogP contribution < -0.4 is 10.6 Å². The Bertz CT molecular complexity index is 459. The number of anilines is 1. The van der Waals surface area contributed by atoms with Crippen LogP contribution in [-0.2, 0) is 4.74 Å². The van der Waals surface area contributed by atoms with Gasteiger partial charge >= 0.3 is 6.09 Å². The highest BCUT2D eigenvalue weighted by molar-refractivity contribution is 6.35. The van der Waals surface area contributed by atoms with Crippen molar-refractivity contribution in [3.8, 4) is 0 Å². The number of halogens is 2. The van der Waals surface area contributed by atoms with Crippen LogP contribution in [0.25, 0.3) is 0 Å². The Kier molecular flexibility index (Phi) is 6.43. The lowest BCUT2D eigenvalue weighted by Crippen LogP contribution is -2.33. The van der Waals surface area contributed by atoms with Gasteiger partial charge in [-0.05, 0) is 45.4 Å². The van der Waals surface area contributed by atoms with Crippen molar-refractivity contribution in [2.45, 2.75) is 32.8 Å². The highest BCUT2D eigenvalue weighted by Crippen LogP contribution is 2.25. The SMILES string of the molecule is CC(C)(C)OC(=O)NCCCNc1cc(Cl)ccc1Cl. The van der Waals surface area contributed by atoms with Gasteiger partial charge in [0.25, 0.3) is 0 Å². The summed E-state index contributed by atoms with van der Waals surface area (Å²) in [5, 5.41) is 7.11. The summed E-state index contributed by atoms with van der Waals surface area (Å²) >= 11 is 11.9. The quantitative estimate of drug-likeness (QED) is 0.795. The van der Waals surface area contributed by atoms with E-state index in [2.05, 4.69) is 10.6 Å². The average molecular weight is 319 g/mol. The molecule has 2 N–H and O–H groups in total. The first-order chi connectivity index (χ1) is 9.28. The van der Waals surface area contributed by atoms with Crippen LogP contribution >= 0.6 is 23.2 Å². The molecule has 0 unspecified atom stereocenters. The molecule has 1 aromatic rings. The lowest BCUT2D eigenvalue weighted by atomic mass is 10.2. The van der Waals surface area contributed by atoms with Crippen molar-refractivity contribution in [2.24, 2.45) is 0 Å². The Morgan fingerprint density at radius 2 is 1.95 bits per heavy atom. The summed E-state index contributed by atoms with van der Waals surface area (Å²) in [6.07, 6.45) is 0.348. The molecule has 0 aromatic heterocycles. The number of benzene rings is 1. The Balaban J connectivity index is 2.22. The molecule has 0 saturated carbocycles. The minimum atomic E-state index is -0.476. The van der Waals surface area contributed by atoms with Crippen LogP contribution in [0, 0.1) is 0 Å². The monoisotopic (exact) mass is 318 g/mol. The van der Waals surface area contributed by atoms with E-state index in [0.717, 1.165) is 12.1 Å². The predicted molar refractivity (Wildman–Crippen MR) is 83.8 cm³/mol. The van der Waals surface area contributed by atoms with Gasteiger partial charge in [0, 0.05) is 18.1 Å². The summed E-state index contributed by atoms with van der Waals surface area (Å²) < 4.78 is 5.13. The van der Waals surface area contributed by atoms with Gasteiger partial charge in [-0.25, -0.2) is 4.79 Å². The first-order valence-electron chi connectivity index (χ1n) is 6.44. The molecule has 0 heterocycles. The molecule has 112 valence electrons. The van der Waals surface area contributed by atoms with Gasteiger partial charge in [0.1, 0.15) is 5.60 Å². The van der Waals surface area contributed by atoms with Crippen molar-refractivity contribution in [3.63, 3.8) is 0 Å². The molecular formula is C14H20Cl2N2O2. The van der Waals surface area contributed by atoms with E-state index in [4.69, 9.17) is 27.9 Å². The van der Waals surface area contributed by atoms with Crippen molar-refractivity contribution >= 4 is 35.0 Å². The van der Waals surface area contributed by atoms with Crippen molar-refractivity contribution in [1.82, 2.24) is 5.32 Å². The van der Waals surface area contributed by atoms with Crippen LogP contribution in [0.4, 0.5) is 10.5 Å². The summed E-state index contributed by atoms with van der Waals surface area (Å²) in [7, 11) is 0. The van der Waals surface area contributed by atoms with E-state index in [-0.39, 0.29) is 0 Å². The lowest BCUT2D eigenvalue weighted by molar-refractivity contribution is 0.0528. The highest BCUT2D eigenvalue weighted by atomic mass is 35.5. The summed E-state index contributed by atoms with van der Waals surface area (Å²) in [6, 6.07) is 5.25. The summed E-state index contributed by atoms with van der Waals surface area (Å²) in [5.74, 6) is 0. The summed E-state index contributed by atoms with van der Waals surface area (Å²) in [5.41, 5.74) is 0.313. The number of carbonyl (C=O) groups excluding carboxylic acids is 1. The standard InChI is InChI=1S/C14H20Cl2N2O2/c1-14(2,3)20-13(19)18-8-4-7-17-12-9-10(15)5-6-11(12)16/h5-6,9,17H,4,7-8H2,1-3H3,(H,18,19). The number of ether oxygens (including phenoxy) is 1. The maximum Gasteiger partial charge on any atom is 0.407 e. The fourth-order valence-corrected chi connectivity index (χ4v) is 1.81. The Morgan fingerprint density at radius 3 is 2.60 bits per heavy atom. The lowest BCUT2D eigenvalue weighted by Gasteiger charge is -2.19. The third-order valence-electron chi connectivity index (χ3n) is 2.27. The number of rotatable bonds is 5. The molecule has 0 spiro atoms. The first-order valence-corrected chi connectivity index (χ1v) is 7.19. The second kappa shape index (κ2) is 7.60. The van der Waals surface area contributed by atoms with Crippen LogP contribution in [0.15, 0.2) is 18.2 Å². The molecule has 0 saturated heterocycles. The molecule has 0 atom stereocenters. The maximum atomic E-state index is 11.4. The van der Waals surface area contributed by atoms with E-state index in [0.29, 0.717) is 23.1 Å². The number of alkyl carbamates (subject to hydrolysis) is 1. The predicted octanol–water partition coefficient (Wildman–Crippen LogP) is 4.32. The molecule has 1 aromatic carbocycles. The minimum absolute atomic E-state index is 0.404. The van der Waals surface area contributed by atoms with Crippen molar-refractivity contribution < 1.29 is 9.53 Å². The number of amides is 1. The Hall–Kier alpha value is -1.13. The molecule has 0 fully saturated rings. The molecule has 20 heavy (non-hydrogen) atoms. The third kappa shape index (κ3) is 6.87. The summed E-state index contributed by atoms with van der Waals surface area (Å²) in [4.78, 5) is 11.4. The van der Waals surface area contributed by atoms with Crippen molar-refractivity contribution in [3.05, 3.63) is 28.2 Å². The fraction of sp³-hybridized carbons (Fsp3) is 0.500. The van der Waals surface area contributed by atoms with E-state index in [1.165, 1.54) is 0 Å². The largest absolute Gasteiger partial charge is 0.444 e. The third-order valence-corrected chi connectivity index (χ3v) is 2.83. The first kappa shape index (κ1) is 16.9. The van der Waals surface area contributed by atoms with Gasteiger partial charge in [0.2, 0.25) is 0 Å². The zero-order chi connectivity index (χ0) is 15.2. The molecule has 1 rings (SSSR count). The fourth-order valence-electron chi connectivity index (χ4n) is 1.45. The number of carbonyl (C=O) groups is 1. The zero-order valence-corrected chi connectivity index (χ0v) is 13.4. The van der Waals surface area contributed by atoms with Gasteiger partial charge in [0.05, 0.1) is 10.7 Å². The topological polar surface area (TPSA) is 50.4 Å². The van der Waals surface area contributed by atoms with Crippen LogP contribution in [-0.4, -0.2) is 24.8 Å². The van der Waals surface area contributed by atoms with Crippen molar-refractivity contribution in [2.75, 3.05) is 18.4 Å². The normalized spacial score (nSPS) is 11.1. The van der Waals surface area contributed by atoms with E-state index < -0.39 is 11.7 Å². The smallest absolute Gasteiger partial charge is 0.407 e. The van der Waals surface area contributed by atoms with Crippen LogP contribution in [0.3, 0.4) is 0 Å². The van der Waals surface area contributed by atoms with Gasteiger partial charge in [-0.15, -0.1) is 0 Å². The molecule has 0 aliphatic heterocycles. The van der Waals surface area contributed by atoms with E-state index in [9.17, 15) is 4.79 Å². The highest BCUT2D eigenvalue weighted by Gasteiger charge is 2.15. The van der Waals surface area contributed by atoms with Crippen LogP contribution in [0.2, 0.25) is 10.0 Å². The second-order valence-electron chi connectivity index (χ2n) is 5.33. The van der Waals surface area contributed by atoms with Crippen molar-refractivity contribution in [1.29, 1.82) is 0 Å². The molecule has 0 radical (unpaired) electrons. The van der Waals surface area contributed by atoms with E-state index >= 15 is 0 Å². The summed E-state index contributed by atoms with van der Waals surface area (Å²) in [6.45, 7) is 6.69. The molecule has 1 amide bonds. The van der Waals surface area contributed by atoms with Gasteiger partial charge in [-0.1, -0.05) is 23.2 Å². The second-order valence-corrected chi connectivity index (χ2v) is 6.18. The maximum absolute atomic E-state index is 11.4. The Labute approximate surface area is 129 Å². The van der Waals surface area contributed by atoms with Gasteiger partial charge in [-0.3, -0.25) is 0 Å². The molecular weight excluding hydrogens is 299 g/mol. The van der Waals surface area contributed by atoms with Gasteiger partial charge < -0.3 is 15.4 Å². The average Bonchev–Trinajstić information content (AvgIpc) is 2.30. The number of nitrogens with one attached hydrogen (secondary N) is 2. The molecule has 0 bridgehead atoms. The molecule has 4 nitrogen and oxygen atoms in total. The van der Waals surface area contributed by atoms with Gasteiger partial charge in [0.15, 0.2) is 0 Å². The number of hydrogen-bond acceptors (Lipinski definition) is 3. The van der Waals surface area contributed by atoms with E-state index in [1.807, 2.05) is 20.8 Å². The molecule has 0 aliphatic carbocycles.